The second kappa shape index (κ2) is 7.53. The Labute approximate surface area is 193 Å². The predicted octanol–water partition coefficient (Wildman–Crippen LogP) is 5.93. The number of hydrogen-bond acceptors (Lipinski definition) is 4. The summed E-state index contributed by atoms with van der Waals surface area (Å²) in [6.07, 6.45) is 10.3. The fourth-order valence-corrected chi connectivity index (χ4v) is 9.65. The van der Waals surface area contributed by atoms with Crippen LogP contribution >= 0.6 is 0 Å². The third-order valence-electron chi connectivity index (χ3n) is 11.0. The number of allylic oxidation sites excluding steroid dienone is 2. The van der Waals surface area contributed by atoms with Crippen LogP contribution in [0.3, 0.4) is 0 Å². The van der Waals surface area contributed by atoms with Crippen LogP contribution in [0.5, 0.6) is 0 Å². The molecule has 3 fully saturated rings. The van der Waals surface area contributed by atoms with Crippen LogP contribution in [0.25, 0.3) is 0 Å². The Morgan fingerprint density at radius 3 is 2.22 bits per heavy atom. The maximum absolute atomic E-state index is 12.5. The minimum Gasteiger partial charge on any atom is -0.462 e. The first-order valence-corrected chi connectivity index (χ1v) is 12.7. The van der Waals surface area contributed by atoms with Gasteiger partial charge in [-0.25, -0.2) is 0 Å². The summed E-state index contributed by atoms with van der Waals surface area (Å²) in [6.45, 7) is 15.0. The third kappa shape index (κ3) is 3.10. The van der Waals surface area contributed by atoms with Gasteiger partial charge in [0.05, 0.1) is 5.92 Å². The van der Waals surface area contributed by atoms with E-state index in [9.17, 15) is 14.4 Å². The molecule has 0 amide bonds. The molecule has 0 heterocycles. The molecule has 0 aliphatic heterocycles. The maximum Gasteiger partial charge on any atom is 0.302 e. The van der Waals surface area contributed by atoms with E-state index >= 15 is 0 Å². The lowest BCUT2D eigenvalue weighted by atomic mass is 9.34. The molecule has 32 heavy (non-hydrogen) atoms. The SMILES string of the molecule is CC(=O)OC1CC2C3(C)CCCC(C)(C)C3CCC2(C)C2CC=C(C(C)=O)C(C=O)C12C. The van der Waals surface area contributed by atoms with Crippen LogP contribution < -0.4 is 0 Å². The molecule has 0 aromatic carbocycles. The van der Waals surface area contributed by atoms with Crippen molar-refractivity contribution in [3.05, 3.63) is 11.6 Å². The van der Waals surface area contributed by atoms with Gasteiger partial charge in [0.25, 0.3) is 0 Å². The Bertz CT molecular complexity index is 855. The van der Waals surface area contributed by atoms with E-state index in [1.807, 2.05) is 6.08 Å². The summed E-state index contributed by atoms with van der Waals surface area (Å²) >= 11 is 0. The van der Waals surface area contributed by atoms with Crippen molar-refractivity contribution in [1.29, 1.82) is 0 Å². The first-order valence-electron chi connectivity index (χ1n) is 12.7. The molecule has 0 N–H and O–H groups in total. The van der Waals surface area contributed by atoms with E-state index in [-0.39, 0.29) is 34.6 Å². The van der Waals surface area contributed by atoms with Crippen molar-refractivity contribution in [3.8, 4) is 0 Å². The van der Waals surface area contributed by atoms with Crippen LogP contribution in [-0.4, -0.2) is 24.1 Å². The summed E-state index contributed by atoms with van der Waals surface area (Å²) in [5.41, 5.74) is 0.643. The second-order valence-electron chi connectivity index (χ2n) is 12.8. The molecule has 0 bridgehead atoms. The molecular weight excluding hydrogens is 400 g/mol. The molecule has 8 unspecified atom stereocenters. The Morgan fingerprint density at radius 2 is 1.62 bits per heavy atom. The molecule has 0 aromatic rings. The van der Waals surface area contributed by atoms with Crippen molar-refractivity contribution >= 4 is 18.0 Å². The molecule has 0 saturated heterocycles. The lowest BCUT2D eigenvalue weighted by Gasteiger charge is -2.70. The summed E-state index contributed by atoms with van der Waals surface area (Å²) < 4.78 is 6.06. The van der Waals surface area contributed by atoms with E-state index < -0.39 is 11.3 Å². The van der Waals surface area contributed by atoms with Gasteiger partial charge in [-0.3, -0.25) is 9.59 Å². The standard InChI is InChI=1S/C28H42O4/c1-17(30)19-9-10-22-27(6)14-11-21-25(3,4)12-8-13-26(21,5)23(27)15-24(32-18(2)31)28(22,7)20(19)16-29/h9,16,20-24H,8,10-15H2,1-7H3. The largest absolute Gasteiger partial charge is 0.462 e. The number of rotatable bonds is 3. The summed E-state index contributed by atoms with van der Waals surface area (Å²) in [7, 11) is 0. The van der Waals surface area contributed by atoms with Gasteiger partial charge in [-0.1, -0.05) is 47.1 Å². The Hall–Kier alpha value is -1.45. The van der Waals surface area contributed by atoms with Gasteiger partial charge < -0.3 is 9.53 Å². The highest BCUT2D eigenvalue weighted by Gasteiger charge is 2.69. The summed E-state index contributed by atoms with van der Waals surface area (Å²) in [5, 5.41) is 0. The topological polar surface area (TPSA) is 60.4 Å². The van der Waals surface area contributed by atoms with Gasteiger partial charge in [-0.05, 0) is 79.4 Å². The quantitative estimate of drug-likeness (QED) is 0.402. The van der Waals surface area contributed by atoms with Crippen molar-refractivity contribution in [2.75, 3.05) is 0 Å². The van der Waals surface area contributed by atoms with Gasteiger partial charge in [0, 0.05) is 17.9 Å². The van der Waals surface area contributed by atoms with E-state index in [4.69, 9.17) is 4.74 Å². The summed E-state index contributed by atoms with van der Waals surface area (Å²) in [6, 6.07) is 0. The number of carbonyl (C=O) groups excluding carboxylic acids is 3. The van der Waals surface area contributed by atoms with Crippen LogP contribution in [0.4, 0.5) is 0 Å². The van der Waals surface area contributed by atoms with Gasteiger partial charge in [-0.2, -0.15) is 0 Å². The molecule has 0 radical (unpaired) electrons. The van der Waals surface area contributed by atoms with Gasteiger partial charge >= 0.3 is 5.97 Å². The molecular formula is C28H42O4. The first-order chi connectivity index (χ1) is 14.8. The van der Waals surface area contributed by atoms with Crippen molar-refractivity contribution in [3.63, 3.8) is 0 Å². The third-order valence-corrected chi connectivity index (χ3v) is 11.0. The van der Waals surface area contributed by atoms with Crippen molar-refractivity contribution in [2.45, 2.75) is 99.5 Å². The number of ether oxygens (including phenoxy) is 1. The molecule has 4 nitrogen and oxygen atoms in total. The zero-order chi connectivity index (χ0) is 23.7. The average molecular weight is 443 g/mol. The Morgan fingerprint density at radius 1 is 0.969 bits per heavy atom. The maximum atomic E-state index is 12.5. The fraction of sp³-hybridized carbons (Fsp3) is 0.821. The van der Waals surface area contributed by atoms with Crippen molar-refractivity contribution in [1.82, 2.24) is 0 Å². The first kappa shape index (κ1) is 23.7. The molecule has 8 atom stereocenters. The average Bonchev–Trinajstić information content (AvgIpc) is 2.67. The fourth-order valence-electron chi connectivity index (χ4n) is 9.65. The van der Waals surface area contributed by atoms with Crippen molar-refractivity contribution in [2.24, 2.45) is 45.3 Å². The molecule has 0 spiro atoms. The number of Topliss-reactive ketones (excluding diaryl/α,β-unsaturated/α-hetero) is 1. The minimum atomic E-state index is -0.554. The normalized spacial score (nSPS) is 47.2. The van der Waals surface area contributed by atoms with Gasteiger partial charge in [0.15, 0.2) is 5.78 Å². The lowest BCUT2D eigenvalue weighted by molar-refractivity contribution is -0.238. The van der Waals surface area contributed by atoms with E-state index in [1.165, 1.54) is 32.6 Å². The van der Waals surface area contributed by atoms with Crippen LogP contribution in [0.1, 0.15) is 93.4 Å². The monoisotopic (exact) mass is 442 g/mol. The van der Waals surface area contributed by atoms with Crippen LogP contribution in [0, 0.1) is 45.3 Å². The number of aldehydes is 1. The Balaban J connectivity index is 1.86. The molecule has 3 saturated carbocycles. The number of ketones is 1. The van der Waals surface area contributed by atoms with E-state index in [1.54, 1.807) is 6.92 Å². The highest BCUT2D eigenvalue weighted by atomic mass is 16.5. The van der Waals surface area contributed by atoms with Gasteiger partial charge in [0.1, 0.15) is 12.4 Å². The molecule has 0 aromatic heterocycles. The molecule has 4 aliphatic carbocycles. The molecule has 4 rings (SSSR count). The van der Waals surface area contributed by atoms with Gasteiger partial charge in [-0.15, -0.1) is 0 Å². The van der Waals surface area contributed by atoms with E-state index in [0.29, 0.717) is 22.8 Å². The number of fused-ring (bicyclic) bond motifs is 5. The Kier molecular flexibility index (Phi) is 5.58. The number of esters is 1. The highest BCUT2D eigenvalue weighted by Crippen LogP contribution is 2.73. The zero-order valence-electron chi connectivity index (χ0n) is 21.1. The van der Waals surface area contributed by atoms with Crippen LogP contribution in [-0.2, 0) is 19.1 Å². The van der Waals surface area contributed by atoms with E-state index in [0.717, 1.165) is 25.5 Å². The lowest BCUT2D eigenvalue weighted by Crippen LogP contribution is -2.67. The van der Waals surface area contributed by atoms with E-state index in [2.05, 4.69) is 34.6 Å². The van der Waals surface area contributed by atoms with Crippen LogP contribution in [0.2, 0.25) is 0 Å². The van der Waals surface area contributed by atoms with Crippen molar-refractivity contribution < 1.29 is 19.1 Å². The molecule has 4 heteroatoms. The van der Waals surface area contributed by atoms with Gasteiger partial charge in [0.2, 0.25) is 0 Å². The molecule has 4 aliphatic rings. The second-order valence-corrected chi connectivity index (χ2v) is 12.8. The van der Waals surface area contributed by atoms with Crippen LogP contribution in [0.15, 0.2) is 11.6 Å². The molecule has 178 valence electrons. The summed E-state index contributed by atoms with van der Waals surface area (Å²) in [4.78, 5) is 37.2. The predicted molar refractivity (Wildman–Crippen MR) is 125 cm³/mol. The zero-order valence-corrected chi connectivity index (χ0v) is 21.1. The minimum absolute atomic E-state index is 0.0414. The summed E-state index contributed by atoms with van der Waals surface area (Å²) in [5.74, 6) is 0.464. The number of carbonyl (C=O) groups is 3. The number of hydrogen-bond donors (Lipinski definition) is 0. The highest BCUT2D eigenvalue weighted by molar-refractivity contribution is 5.97. The smallest absolute Gasteiger partial charge is 0.302 e.